The molecule has 1 amide bonds. The number of amides is 1. The predicted molar refractivity (Wildman–Crippen MR) is 103 cm³/mol. The topological polar surface area (TPSA) is 54.1 Å². The third-order valence-electron chi connectivity index (χ3n) is 5.07. The number of carbonyl (C=O) groups excluding carboxylic acids is 1. The molecule has 1 aliphatic heterocycles. The van der Waals surface area contributed by atoms with Crippen LogP contribution >= 0.6 is 0 Å². The Kier molecular flexibility index (Phi) is 4.91. The van der Waals surface area contributed by atoms with E-state index in [0.29, 0.717) is 25.5 Å². The third-order valence-corrected chi connectivity index (χ3v) is 5.07. The molecule has 1 atom stereocenters. The Bertz CT molecular complexity index is 900. The number of carbonyl (C=O) groups is 1. The Morgan fingerprint density at radius 1 is 1.15 bits per heavy atom. The normalized spacial score (nSPS) is 16.1. The lowest BCUT2D eigenvalue weighted by Gasteiger charge is -2.25. The monoisotopic (exact) mass is 348 g/mol. The van der Waals surface area contributed by atoms with E-state index in [0.717, 1.165) is 30.5 Å². The van der Waals surface area contributed by atoms with E-state index in [1.165, 1.54) is 16.5 Å². The van der Waals surface area contributed by atoms with Crippen LogP contribution in [-0.2, 0) is 17.6 Å². The number of ether oxygens (including phenoxy) is 1. The van der Waals surface area contributed by atoms with Crippen LogP contribution in [0.5, 0.6) is 5.75 Å². The van der Waals surface area contributed by atoms with Crippen molar-refractivity contribution in [2.24, 2.45) is 5.92 Å². The molecule has 3 aromatic rings. The summed E-state index contributed by atoms with van der Waals surface area (Å²) in [6, 6.07) is 16.4. The fraction of sp³-hybridized carbons (Fsp3) is 0.318. The first kappa shape index (κ1) is 16.7. The molecule has 0 spiro atoms. The molecule has 0 fully saturated rings. The molecule has 2 N–H and O–H groups in total. The van der Waals surface area contributed by atoms with Crippen molar-refractivity contribution >= 4 is 16.8 Å². The van der Waals surface area contributed by atoms with Crippen LogP contribution in [0.3, 0.4) is 0 Å². The van der Waals surface area contributed by atoms with Crippen molar-refractivity contribution in [2.45, 2.75) is 25.7 Å². The summed E-state index contributed by atoms with van der Waals surface area (Å²) in [5.41, 5.74) is 3.67. The molecule has 0 saturated carbocycles. The van der Waals surface area contributed by atoms with Gasteiger partial charge < -0.3 is 15.0 Å². The van der Waals surface area contributed by atoms with Crippen LogP contribution in [0.1, 0.15) is 24.0 Å². The van der Waals surface area contributed by atoms with E-state index in [1.807, 2.05) is 24.3 Å². The number of aryl methyl sites for hydroxylation is 1. The van der Waals surface area contributed by atoms with E-state index in [2.05, 4.69) is 40.8 Å². The first-order valence-corrected chi connectivity index (χ1v) is 9.32. The van der Waals surface area contributed by atoms with E-state index in [-0.39, 0.29) is 5.91 Å². The number of nitrogens with one attached hydrogen (secondary N) is 2. The maximum absolute atomic E-state index is 12.2. The number of aromatic amines is 1. The van der Waals surface area contributed by atoms with Crippen molar-refractivity contribution < 1.29 is 9.53 Å². The molecule has 1 aromatic heterocycles. The van der Waals surface area contributed by atoms with E-state index >= 15 is 0 Å². The zero-order valence-corrected chi connectivity index (χ0v) is 14.8. The molecule has 4 nitrogen and oxygen atoms in total. The maximum atomic E-state index is 12.2. The van der Waals surface area contributed by atoms with Gasteiger partial charge >= 0.3 is 0 Å². The highest BCUT2D eigenvalue weighted by Crippen LogP contribution is 2.26. The molecular weight excluding hydrogens is 324 g/mol. The smallest absolute Gasteiger partial charge is 0.220 e. The number of H-pyrrole nitrogens is 1. The largest absolute Gasteiger partial charge is 0.493 e. The fourth-order valence-corrected chi connectivity index (χ4v) is 3.65. The van der Waals surface area contributed by atoms with E-state index in [9.17, 15) is 4.79 Å². The molecule has 2 aromatic carbocycles. The maximum Gasteiger partial charge on any atom is 0.220 e. The predicted octanol–water partition coefficient (Wildman–Crippen LogP) is 3.86. The molecule has 26 heavy (non-hydrogen) atoms. The quantitative estimate of drug-likeness (QED) is 0.711. The number of hydrogen-bond acceptors (Lipinski definition) is 2. The van der Waals surface area contributed by atoms with Crippen LogP contribution in [0.4, 0.5) is 0 Å². The summed E-state index contributed by atoms with van der Waals surface area (Å²) in [5, 5.41) is 4.33. The minimum Gasteiger partial charge on any atom is -0.493 e. The van der Waals surface area contributed by atoms with Crippen LogP contribution in [0.2, 0.25) is 0 Å². The van der Waals surface area contributed by atoms with Crippen LogP contribution in [0.15, 0.2) is 54.7 Å². The van der Waals surface area contributed by atoms with Crippen molar-refractivity contribution in [3.8, 4) is 5.75 Å². The number of rotatable bonds is 6. The molecular formula is C22H24N2O2. The minimum atomic E-state index is 0.128. The highest BCUT2D eigenvalue weighted by atomic mass is 16.5. The van der Waals surface area contributed by atoms with Crippen molar-refractivity contribution in [1.82, 2.24) is 10.3 Å². The molecule has 134 valence electrons. The van der Waals surface area contributed by atoms with Crippen molar-refractivity contribution in [3.63, 3.8) is 0 Å². The average Bonchev–Trinajstić information content (AvgIpc) is 3.09. The van der Waals surface area contributed by atoms with E-state index in [4.69, 9.17) is 4.74 Å². The number of fused-ring (bicyclic) bond motifs is 2. The molecule has 2 heterocycles. The van der Waals surface area contributed by atoms with Gasteiger partial charge in [-0.1, -0.05) is 36.4 Å². The van der Waals surface area contributed by atoms with Gasteiger partial charge in [0.2, 0.25) is 5.91 Å². The van der Waals surface area contributed by atoms with Gasteiger partial charge in [-0.15, -0.1) is 0 Å². The number of hydrogen-bond donors (Lipinski definition) is 2. The Morgan fingerprint density at radius 2 is 2.00 bits per heavy atom. The van der Waals surface area contributed by atoms with Crippen molar-refractivity contribution in [1.29, 1.82) is 0 Å². The SMILES string of the molecule is O=C(CCCc1c[nH]c2ccccc12)NCC1COc2ccccc2C1. The molecule has 0 radical (unpaired) electrons. The van der Waals surface area contributed by atoms with Crippen LogP contribution in [0, 0.1) is 5.92 Å². The zero-order valence-electron chi connectivity index (χ0n) is 14.8. The number of aromatic nitrogens is 1. The van der Waals surface area contributed by atoms with Gasteiger partial charge in [0.05, 0.1) is 6.61 Å². The number of para-hydroxylation sites is 2. The molecule has 0 aliphatic carbocycles. The molecule has 1 aliphatic rings. The Morgan fingerprint density at radius 3 is 2.96 bits per heavy atom. The van der Waals surface area contributed by atoms with Gasteiger partial charge in [0.1, 0.15) is 5.75 Å². The summed E-state index contributed by atoms with van der Waals surface area (Å²) >= 11 is 0. The Labute approximate surface area is 153 Å². The van der Waals surface area contributed by atoms with Crippen molar-refractivity contribution in [3.05, 3.63) is 65.9 Å². The van der Waals surface area contributed by atoms with Gasteiger partial charge in [-0.2, -0.15) is 0 Å². The highest BCUT2D eigenvalue weighted by molar-refractivity contribution is 5.83. The fourth-order valence-electron chi connectivity index (χ4n) is 3.65. The van der Waals surface area contributed by atoms with Crippen molar-refractivity contribution in [2.75, 3.05) is 13.2 Å². The summed E-state index contributed by atoms with van der Waals surface area (Å²) in [5.74, 6) is 1.46. The second kappa shape index (κ2) is 7.65. The number of benzene rings is 2. The summed E-state index contributed by atoms with van der Waals surface area (Å²) in [6.45, 7) is 1.35. The molecule has 0 saturated heterocycles. The molecule has 4 heteroatoms. The van der Waals surface area contributed by atoms with Crippen LogP contribution in [0.25, 0.3) is 10.9 Å². The summed E-state index contributed by atoms with van der Waals surface area (Å²) in [6.07, 6.45) is 5.35. The lowest BCUT2D eigenvalue weighted by molar-refractivity contribution is -0.121. The van der Waals surface area contributed by atoms with Gasteiger partial charge in [-0.25, -0.2) is 0 Å². The molecule has 1 unspecified atom stereocenters. The second-order valence-corrected chi connectivity index (χ2v) is 7.01. The lowest BCUT2D eigenvalue weighted by Crippen LogP contribution is -2.34. The summed E-state index contributed by atoms with van der Waals surface area (Å²) < 4.78 is 5.78. The van der Waals surface area contributed by atoms with E-state index in [1.54, 1.807) is 0 Å². The second-order valence-electron chi connectivity index (χ2n) is 7.01. The zero-order chi connectivity index (χ0) is 17.8. The van der Waals surface area contributed by atoms with Gasteiger partial charge in [-0.05, 0) is 42.5 Å². The minimum absolute atomic E-state index is 0.128. The Hall–Kier alpha value is -2.75. The first-order valence-electron chi connectivity index (χ1n) is 9.32. The highest BCUT2D eigenvalue weighted by Gasteiger charge is 2.19. The Balaban J connectivity index is 1.21. The van der Waals surface area contributed by atoms with Crippen LogP contribution < -0.4 is 10.1 Å². The lowest BCUT2D eigenvalue weighted by atomic mass is 9.96. The molecule has 0 bridgehead atoms. The van der Waals surface area contributed by atoms with Gasteiger partial charge in [0.25, 0.3) is 0 Å². The molecule has 4 rings (SSSR count). The standard InChI is InChI=1S/C22H24N2O2/c25-22(11-5-7-18-14-23-20-9-3-2-8-19(18)20)24-13-16-12-17-6-1-4-10-21(17)26-15-16/h1-4,6,8-10,14,16,23H,5,7,11-13,15H2,(H,24,25). The summed E-state index contributed by atoms with van der Waals surface area (Å²) in [7, 11) is 0. The van der Waals surface area contributed by atoms with Gasteiger partial charge in [0, 0.05) is 36.0 Å². The van der Waals surface area contributed by atoms with Gasteiger partial charge in [-0.3, -0.25) is 4.79 Å². The van der Waals surface area contributed by atoms with Gasteiger partial charge in [0.15, 0.2) is 0 Å². The third kappa shape index (κ3) is 3.74. The van der Waals surface area contributed by atoms with E-state index < -0.39 is 0 Å². The first-order chi connectivity index (χ1) is 12.8. The van der Waals surface area contributed by atoms with Crippen LogP contribution in [-0.4, -0.2) is 24.0 Å². The average molecular weight is 348 g/mol. The summed E-state index contributed by atoms with van der Waals surface area (Å²) in [4.78, 5) is 15.5.